The summed E-state index contributed by atoms with van der Waals surface area (Å²) in [6.45, 7) is 0.261. The molecule has 0 bridgehead atoms. The number of aromatic amines is 1. The van der Waals surface area contributed by atoms with Gasteiger partial charge in [0, 0.05) is 20.1 Å². The summed E-state index contributed by atoms with van der Waals surface area (Å²) in [7, 11) is 3.47. The van der Waals surface area contributed by atoms with Gasteiger partial charge in [0.2, 0.25) is 0 Å². The molecule has 2 N–H and O–H groups in total. The summed E-state index contributed by atoms with van der Waals surface area (Å²) in [6, 6.07) is 0.257. The van der Waals surface area contributed by atoms with Crippen molar-refractivity contribution in [2.75, 3.05) is 7.05 Å². The number of aryl methyl sites for hydroxylation is 1. The van der Waals surface area contributed by atoms with Crippen LogP contribution in [0, 0.1) is 23.7 Å². The molecule has 3 fully saturated rings. The molecular weight excluding hydrogens is 308 g/mol. The van der Waals surface area contributed by atoms with E-state index in [9.17, 15) is 9.59 Å². The molecule has 2 amide bonds. The molecule has 24 heavy (non-hydrogen) atoms. The summed E-state index contributed by atoms with van der Waals surface area (Å²) >= 11 is 0. The van der Waals surface area contributed by atoms with Crippen LogP contribution >= 0.6 is 0 Å². The monoisotopic (exact) mass is 328 g/mol. The van der Waals surface area contributed by atoms with Crippen molar-refractivity contribution in [3.05, 3.63) is 22.4 Å². The molecule has 8 heteroatoms. The molecule has 0 saturated heterocycles. The third-order valence-electron chi connectivity index (χ3n) is 5.93. The number of urea groups is 1. The first-order chi connectivity index (χ1) is 11.5. The number of carbonyl (C=O) groups excluding carboxylic acids is 1. The fourth-order valence-corrected chi connectivity index (χ4v) is 4.52. The topological polar surface area (TPSA) is 95.9 Å². The van der Waals surface area contributed by atoms with E-state index >= 15 is 0 Å². The van der Waals surface area contributed by atoms with E-state index < -0.39 is 0 Å². The number of rotatable bonds is 3. The second-order valence-corrected chi connectivity index (χ2v) is 7.48. The van der Waals surface area contributed by atoms with E-state index in [1.54, 1.807) is 23.7 Å². The quantitative estimate of drug-likeness (QED) is 0.855. The fraction of sp³-hybridized carbons (Fsp3) is 0.625. The summed E-state index contributed by atoms with van der Waals surface area (Å²) in [5.41, 5.74) is 0.300. The lowest BCUT2D eigenvalue weighted by Gasteiger charge is -2.22. The predicted octanol–water partition coefficient (Wildman–Crippen LogP) is 0.452. The molecule has 0 aliphatic heterocycles. The van der Waals surface area contributed by atoms with Crippen molar-refractivity contribution in [3.8, 4) is 0 Å². The lowest BCUT2D eigenvalue weighted by atomic mass is 10.1. The lowest BCUT2D eigenvalue weighted by Crippen LogP contribution is -2.44. The van der Waals surface area contributed by atoms with Crippen LogP contribution < -0.4 is 10.9 Å². The molecule has 2 aromatic heterocycles. The van der Waals surface area contributed by atoms with Crippen molar-refractivity contribution in [3.63, 3.8) is 0 Å². The Morgan fingerprint density at radius 2 is 2.08 bits per heavy atom. The Labute approximate surface area is 138 Å². The zero-order chi connectivity index (χ0) is 16.6. The van der Waals surface area contributed by atoms with Gasteiger partial charge in [-0.05, 0) is 36.5 Å². The number of fused-ring (bicyclic) bond motifs is 4. The minimum atomic E-state index is -0.227. The average Bonchev–Trinajstić information content (AvgIpc) is 3.43. The van der Waals surface area contributed by atoms with Crippen molar-refractivity contribution >= 4 is 17.1 Å². The summed E-state index contributed by atoms with van der Waals surface area (Å²) in [4.78, 5) is 33.3. The zero-order valence-corrected chi connectivity index (χ0v) is 13.7. The number of hydrogen-bond acceptors (Lipinski definition) is 4. The highest BCUT2D eigenvalue weighted by Crippen LogP contribution is 2.69. The first-order valence-electron chi connectivity index (χ1n) is 8.45. The van der Waals surface area contributed by atoms with Crippen LogP contribution in [-0.2, 0) is 13.6 Å². The molecule has 4 atom stereocenters. The van der Waals surface area contributed by atoms with Crippen LogP contribution in [0.15, 0.2) is 11.0 Å². The van der Waals surface area contributed by atoms with Crippen LogP contribution in [0.1, 0.15) is 18.7 Å². The van der Waals surface area contributed by atoms with Crippen molar-refractivity contribution in [1.29, 1.82) is 0 Å². The van der Waals surface area contributed by atoms with Crippen molar-refractivity contribution in [2.24, 2.45) is 30.7 Å². The van der Waals surface area contributed by atoms with Crippen LogP contribution in [0.3, 0.4) is 0 Å². The molecule has 2 aromatic rings. The molecular formula is C16H20N6O2. The average molecular weight is 328 g/mol. The normalized spacial score (nSPS) is 32.3. The van der Waals surface area contributed by atoms with E-state index in [1.807, 2.05) is 0 Å². The number of aromatic nitrogens is 4. The molecule has 3 aliphatic rings. The van der Waals surface area contributed by atoms with Gasteiger partial charge in [0.15, 0.2) is 5.65 Å². The smallest absolute Gasteiger partial charge is 0.317 e. The van der Waals surface area contributed by atoms with Gasteiger partial charge in [0.05, 0.1) is 12.7 Å². The van der Waals surface area contributed by atoms with Crippen LogP contribution in [0.2, 0.25) is 0 Å². The maximum absolute atomic E-state index is 12.5. The Bertz CT molecular complexity index is 886. The number of amides is 2. The molecule has 0 aromatic carbocycles. The molecule has 2 heterocycles. The molecule has 126 valence electrons. The van der Waals surface area contributed by atoms with E-state index in [0.717, 1.165) is 11.8 Å². The van der Waals surface area contributed by atoms with E-state index in [0.29, 0.717) is 34.7 Å². The molecule has 0 radical (unpaired) electrons. The van der Waals surface area contributed by atoms with E-state index in [2.05, 4.69) is 20.4 Å². The number of H-pyrrole nitrogens is 1. The van der Waals surface area contributed by atoms with Crippen LogP contribution in [0.4, 0.5) is 4.79 Å². The minimum Gasteiger partial charge on any atom is -0.335 e. The van der Waals surface area contributed by atoms with E-state index in [4.69, 9.17) is 0 Å². The summed E-state index contributed by atoms with van der Waals surface area (Å²) in [5.74, 6) is 3.62. The number of hydrogen-bond donors (Lipinski definition) is 2. The van der Waals surface area contributed by atoms with Crippen molar-refractivity contribution in [1.82, 2.24) is 30.0 Å². The Morgan fingerprint density at radius 1 is 1.38 bits per heavy atom. The van der Waals surface area contributed by atoms with Gasteiger partial charge in [0.1, 0.15) is 11.2 Å². The Hall–Kier alpha value is -2.38. The molecule has 3 aliphatic carbocycles. The second-order valence-electron chi connectivity index (χ2n) is 7.48. The molecule has 3 saturated carbocycles. The van der Waals surface area contributed by atoms with Gasteiger partial charge in [0.25, 0.3) is 5.56 Å². The Kier molecular flexibility index (Phi) is 2.67. The fourth-order valence-electron chi connectivity index (χ4n) is 4.52. The van der Waals surface area contributed by atoms with Gasteiger partial charge in [-0.25, -0.2) is 9.78 Å². The predicted molar refractivity (Wildman–Crippen MR) is 86.1 cm³/mol. The Morgan fingerprint density at radius 3 is 2.79 bits per heavy atom. The standard InChI is InChI=1S/C16H20N6O2/c1-21(16(24)20-13-9-3-7(9)8-4-10(8)13)6-12-18-14-11(15(23)19-12)5-17-22(14)2/h5,7-10,13H,3-4,6H2,1-2H3,(H,20,24)(H,18,19,23)/t7-,8-,9-,10-/m1/s1. The largest absolute Gasteiger partial charge is 0.335 e. The first-order valence-corrected chi connectivity index (χ1v) is 8.45. The van der Waals surface area contributed by atoms with Crippen LogP contribution in [-0.4, -0.2) is 43.8 Å². The maximum atomic E-state index is 12.5. The van der Waals surface area contributed by atoms with Crippen molar-refractivity contribution < 1.29 is 4.79 Å². The third-order valence-corrected chi connectivity index (χ3v) is 5.93. The molecule has 5 rings (SSSR count). The zero-order valence-electron chi connectivity index (χ0n) is 13.7. The van der Waals surface area contributed by atoms with Gasteiger partial charge >= 0.3 is 6.03 Å². The van der Waals surface area contributed by atoms with Gasteiger partial charge < -0.3 is 15.2 Å². The van der Waals surface area contributed by atoms with Gasteiger partial charge in [-0.1, -0.05) is 0 Å². The number of carbonyl (C=O) groups is 1. The number of nitrogens with one attached hydrogen (secondary N) is 2. The SMILES string of the molecule is CN(Cc1nc2c(cnn2C)c(=O)[nH]1)C(=O)NC1[C@@H]2C[C@@H]2[C@H]2C[C@@H]12. The van der Waals surface area contributed by atoms with Gasteiger partial charge in [-0.15, -0.1) is 0 Å². The summed E-state index contributed by atoms with van der Waals surface area (Å²) < 4.78 is 1.56. The minimum absolute atomic E-state index is 0.0917. The molecule has 8 nitrogen and oxygen atoms in total. The highest BCUT2D eigenvalue weighted by atomic mass is 16.2. The third kappa shape index (κ3) is 1.98. The number of nitrogens with zero attached hydrogens (tertiary/aromatic N) is 4. The Balaban J connectivity index is 1.31. The first kappa shape index (κ1) is 14.0. The van der Waals surface area contributed by atoms with Crippen LogP contribution in [0.25, 0.3) is 11.0 Å². The highest BCUT2D eigenvalue weighted by molar-refractivity contribution is 5.75. The molecule has 0 unspecified atom stereocenters. The summed E-state index contributed by atoms with van der Waals surface area (Å²) in [6.07, 6.45) is 4.06. The highest BCUT2D eigenvalue weighted by Gasteiger charge is 2.67. The van der Waals surface area contributed by atoms with E-state index in [-0.39, 0.29) is 18.1 Å². The second kappa shape index (κ2) is 4.58. The van der Waals surface area contributed by atoms with Crippen molar-refractivity contribution in [2.45, 2.75) is 25.4 Å². The van der Waals surface area contributed by atoms with Gasteiger partial charge in [-0.3, -0.25) is 9.48 Å². The maximum Gasteiger partial charge on any atom is 0.317 e. The van der Waals surface area contributed by atoms with Crippen LogP contribution in [0.5, 0.6) is 0 Å². The lowest BCUT2D eigenvalue weighted by molar-refractivity contribution is 0.198. The molecule has 0 spiro atoms. The van der Waals surface area contributed by atoms with Gasteiger partial charge in [-0.2, -0.15) is 5.10 Å². The summed E-state index contributed by atoms with van der Waals surface area (Å²) in [5, 5.41) is 7.69. The van der Waals surface area contributed by atoms with E-state index in [1.165, 1.54) is 19.0 Å².